The Morgan fingerprint density at radius 2 is 1.80 bits per heavy atom. The molecule has 0 spiro atoms. The van der Waals surface area contributed by atoms with Crippen molar-refractivity contribution in [2.45, 2.75) is 105 Å². The van der Waals surface area contributed by atoms with Crippen LogP contribution in [-0.2, 0) is 0 Å². The molecule has 0 amide bonds. The molecule has 3 fully saturated rings. The lowest BCUT2D eigenvalue weighted by molar-refractivity contribution is -0.0540. The van der Waals surface area contributed by atoms with Crippen LogP contribution in [0.15, 0.2) is 23.8 Å². The second-order valence-electron chi connectivity index (χ2n) is 12.4. The van der Waals surface area contributed by atoms with Gasteiger partial charge < -0.3 is 5.11 Å². The molecule has 0 radical (unpaired) electrons. The fourth-order valence-corrected chi connectivity index (χ4v) is 8.83. The van der Waals surface area contributed by atoms with Gasteiger partial charge in [-0.15, -0.1) is 0 Å². The van der Waals surface area contributed by atoms with Crippen molar-refractivity contribution in [3.05, 3.63) is 23.8 Å². The van der Waals surface area contributed by atoms with Crippen molar-refractivity contribution in [3.8, 4) is 0 Å². The van der Waals surface area contributed by atoms with Crippen molar-refractivity contribution in [2.24, 2.45) is 52.3 Å². The van der Waals surface area contributed by atoms with E-state index in [1.807, 2.05) is 0 Å². The molecule has 1 N–H and O–H groups in total. The molecule has 170 valence electrons. The summed E-state index contributed by atoms with van der Waals surface area (Å²) in [5, 5.41) is 10.2. The summed E-state index contributed by atoms with van der Waals surface area (Å²) in [5.74, 6) is 5.70. The minimum Gasteiger partial charge on any atom is -0.393 e. The summed E-state index contributed by atoms with van der Waals surface area (Å²) < 4.78 is 0. The topological polar surface area (TPSA) is 20.2 Å². The Kier molecular flexibility index (Phi) is 6.35. The standard InChI is InChI=1S/C29H48O/c1-7-21(19(2)3)9-8-20(4)25-12-13-26-24-11-10-22-18-23(30)14-16-28(22,5)27(24)15-17-29(25,26)6/h8-10,19-21,23-27,30H,7,11-18H2,1-6H3/t20-,21+,23-,24+,25+,26+,27-,28-,29+/m0/s1. The summed E-state index contributed by atoms with van der Waals surface area (Å²) >= 11 is 0. The van der Waals surface area contributed by atoms with E-state index in [0.29, 0.717) is 16.7 Å². The third-order valence-corrected chi connectivity index (χ3v) is 10.8. The third kappa shape index (κ3) is 3.66. The zero-order valence-electron chi connectivity index (χ0n) is 20.7. The van der Waals surface area contributed by atoms with Crippen LogP contribution in [0.4, 0.5) is 0 Å². The predicted octanol–water partition coefficient (Wildman–Crippen LogP) is 7.80. The number of aliphatic hydroxyl groups is 1. The first-order chi connectivity index (χ1) is 14.2. The molecule has 0 heterocycles. The van der Waals surface area contributed by atoms with Crippen LogP contribution >= 0.6 is 0 Å². The number of rotatable bonds is 5. The molecular formula is C29H48O. The highest BCUT2D eigenvalue weighted by Gasteiger charge is 2.58. The van der Waals surface area contributed by atoms with Crippen LogP contribution in [0.1, 0.15) is 99.3 Å². The Morgan fingerprint density at radius 3 is 2.50 bits per heavy atom. The summed E-state index contributed by atoms with van der Waals surface area (Å²) in [5.41, 5.74) is 2.51. The maximum absolute atomic E-state index is 10.2. The van der Waals surface area contributed by atoms with Gasteiger partial charge in [-0.05, 0) is 110 Å². The minimum atomic E-state index is -0.0870. The molecule has 1 heteroatoms. The minimum absolute atomic E-state index is 0.0870. The van der Waals surface area contributed by atoms with Crippen LogP contribution in [0.5, 0.6) is 0 Å². The van der Waals surface area contributed by atoms with Gasteiger partial charge in [0.25, 0.3) is 0 Å². The summed E-state index contributed by atoms with van der Waals surface area (Å²) in [4.78, 5) is 0. The number of allylic oxidation sites excluding steroid dienone is 3. The predicted molar refractivity (Wildman–Crippen MR) is 128 cm³/mol. The van der Waals surface area contributed by atoms with Gasteiger partial charge in [-0.25, -0.2) is 0 Å². The molecule has 30 heavy (non-hydrogen) atoms. The lowest BCUT2D eigenvalue weighted by atomic mass is 9.47. The van der Waals surface area contributed by atoms with E-state index in [9.17, 15) is 5.11 Å². The number of fused-ring (bicyclic) bond motifs is 5. The van der Waals surface area contributed by atoms with E-state index in [1.54, 1.807) is 5.57 Å². The van der Waals surface area contributed by atoms with Crippen LogP contribution in [0.25, 0.3) is 0 Å². The van der Waals surface area contributed by atoms with Crippen LogP contribution < -0.4 is 0 Å². The molecular weight excluding hydrogens is 364 g/mol. The number of aliphatic hydroxyl groups excluding tert-OH is 1. The Bertz CT molecular complexity index is 674. The first kappa shape index (κ1) is 22.6. The first-order valence-corrected chi connectivity index (χ1v) is 13.3. The normalized spacial score (nSPS) is 45.6. The van der Waals surface area contributed by atoms with Gasteiger partial charge in [0.1, 0.15) is 0 Å². The Morgan fingerprint density at radius 1 is 1.03 bits per heavy atom. The van der Waals surface area contributed by atoms with E-state index < -0.39 is 0 Å². The van der Waals surface area contributed by atoms with Crippen molar-refractivity contribution in [1.29, 1.82) is 0 Å². The van der Waals surface area contributed by atoms with Crippen molar-refractivity contribution >= 4 is 0 Å². The Hall–Kier alpha value is -0.560. The van der Waals surface area contributed by atoms with Crippen LogP contribution in [0.3, 0.4) is 0 Å². The molecule has 3 saturated carbocycles. The third-order valence-electron chi connectivity index (χ3n) is 10.8. The molecule has 1 nitrogen and oxygen atoms in total. The molecule has 0 unspecified atom stereocenters. The Labute approximate surface area is 186 Å². The van der Waals surface area contributed by atoms with Crippen molar-refractivity contribution in [3.63, 3.8) is 0 Å². The van der Waals surface area contributed by atoms with Crippen molar-refractivity contribution in [2.75, 3.05) is 0 Å². The fraction of sp³-hybridized carbons (Fsp3) is 0.862. The van der Waals surface area contributed by atoms with Crippen LogP contribution in [-0.4, -0.2) is 11.2 Å². The van der Waals surface area contributed by atoms with E-state index in [1.165, 1.54) is 44.9 Å². The van der Waals surface area contributed by atoms with Gasteiger partial charge >= 0.3 is 0 Å². The molecule has 0 aromatic heterocycles. The second kappa shape index (κ2) is 8.42. The molecule has 0 aromatic carbocycles. The highest BCUT2D eigenvalue weighted by atomic mass is 16.3. The first-order valence-electron chi connectivity index (χ1n) is 13.3. The van der Waals surface area contributed by atoms with Crippen molar-refractivity contribution in [1.82, 2.24) is 0 Å². The van der Waals surface area contributed by atoms with E-state index >= 15 is 0 Å². The molecule has 0 aliphatic heterocycles. The van der Waals surface area contributed by atoms with Gasteiger partial charge in [0.15, 0.2) is 0 Å². The number of hydrogen-bond donors (Lipinski definition) is 1. The highest BCUT2D eigenvalue weighted by Crippen LogP contribution is 2.67. The molecule has 0 bridgehead atoms. The average Bonchev–Trinajstić information content (AvgIpc) is 3.06. The average molecular weight is 413 g/mol. The maximum atomic E-state index is 10.2. The van der Waals surface area contributed by atoms with E-state index in [2.05, 4.69) is 59.8 Å². The second-order valence-corrected chi connectivity index (χ2v) is 12.4. The molecule has 4 rings (SSSR count). The van der Waals surface area contributed by atoms with Gasteiger partial charge in [0.05, 0.1) is 6.10 Å². The highest BCUT2D eigenvalue weighted by molar-refractivity contribution is 5.25. The zero-order valence-corrected chi connectivity index (χ0v) is 20.7. The molecule has 0 aromatic rings. The SMILES string of the molecule is CC[C@H](C=C[C@H](C)[C@H]1CC[C@@H]2[C@H]3CC=C4C[C@@H](O)CC[C@]4(C)[C@H]3CC[C@@]21C)C(C)C. The Balaban J connectivity index is 1.52. The van der Waals surface area contributed by atoms with E-state index in [0.717, 1.165) is 48.3 Å². The van der Waals surface area contributed by atoms with Crippen LogP contribution in [0, 0.1) is 52.3 Å². The van der Waals surface area contributed by atoms with Crippen molar-refractivity contribution < 1.29 is 5.11 Å². The number of hydrogen-bond acceptors (Lipinski definition) is 1. The summed E-state index contributed by atoms with van der Waals surface area (Å²) in [6.07, 6.45) is 19.1. The van der Waals surface area contributed by atoms with Gasteiger partial charge in [-0.2, -0.15) is 0 Å². The molecule has 9 atom stereocenters. The van der Waals surface area contributed by atoms with Gasteiger partial charge in [0.2, 0.25) is 0 Å². The van der Waals surface area contributed by atoms with Gasteiger partial charge in [-0.3, -0.25) is 0 Å². The largest absolute Gasteiger partial charge is 0.393 e. The monoisotopic (exact) mass is 412 g/mol. The summed E-state index contributed by atoms with van der Waals surface area (Å²) in [7, 11) is 0. The quantitative estimate of drug-likeness (QED) is 0.457. The summed E-state index contributed by atoms with van der Waals surface area (Å²) in [6.45, 7) is 14.8. The molecule has 4 aliphatic rings. The lowest BCUT2D eigenvalue weighted by Crippen LogP contribution is -2.50. The fourth-order valence-electron chi connectivity index (χ4n) is 8.83. The van der Waals surface area contributed by atoms with E-state index in [4.69, 9.17) is 0 Å². The van der Waals surface area contributed by atoms with Crippen LogP contribution in [0.2, 0.25) is 0 Å². The van der Waals surface area contributed by atoms with E-state index in [-0.39, 0.29) is 6.10 Å². The van der Waals surface area contributed by atoms with Gasteiger partial charge in [0, 0.05) is 0 Å². The zero-order chi connectivity index (χ0) is 21.7. The smallest absolute Gasteiger partial charge is 0.0577 e. The summed E-state index contributed by atoms with van der Waals surface area (Å²) in [6, 6.07) is 0. The lowest BCUT2D eigenvalue weighted by Gasteiger charge is -2.58. The molecule has 4 aliphatic carbocycles. The molecule has 0 saturated heterocycles. The van der Waals surface area contributed by atoms with Gasteiger partial charge in [-0.1, -0.05) is 65.3 Å². The maximum Gasteiger partial charge on any atom is 0.0577 e.